The van der Waals surface area contributed by atoms with E-state index in [1.165, 1.54) is 0 Å². The van der Waals surface area contributed by atoms with Crippen molar-refractivity contribution in [3.05, 3.63) is 63.4 Å². The van der Waals surface area contributed by atoms with Crippen LogP contribution in [0.5, 0.6) is 0 Å². The summed E-state index contributed by atoms with van der Waals surface area (Å²) in [6.07, 6.45) is 2.32. The number of aromatic nitrogens is 2. The maximum Gasteiger partial charge on any atom is 0.343 e. The van der Waals surface area contributed by atoms with Gasteiger partial charge in [-0.2, -0.15) is 0 Å². The van der Waals surface area contributed by atoms with Crippen molar-refractivity contribution in [1.82, 2.24) is 9.55 Å². The van der Waals surface area contributed by atoms with Gasteiger partial charge in [0.05, 0.1) is 29.0 Å². The fourth-order valence-electron chi connectivity index (χ4n) is 4.89. The monoisotopic (exact) mass is 466 g/mol. The number of esters is 1. The summed E-state index contributed by atoms with van der Waals surface area (Å²) < 4.78 is 13.8. The molecule has 1 fully saturated rings. The molecule has 6 rings (SSSR count). The fraction of sp³-hybridized carbons (Fsp3) is 0.375. The Bertz CT molecular complexity index is 1320. The molecule has 3 aliphatic heterocycles. The van der Waals surface area contributed by atoms with Gasteiger partial charge in [-0.05, 0) is 37.5 Å². The molecule has 2 atom stereocenters. The molecule has 0 radical (unpaired) electrons. The number of fused-ring (bicyclic) bond motifs is 5. The normalized spacial score (nSPS) is 24.0. The Hall–Kier alpha value is -2.29. The van der Waals surface area contributed by atoms with Gasteiger partial charge >= 0.3 is 5.97 Å². The van der Waals surface area contributed by atoms with Crippen LogP contribution in [-0.2, 0) is 33.0 Å². The zero-order valence-corrected chi connectivity index (χ0v) is 19.3. The lowest BCUT2D eigenvalue weighted by atomic mass is 9.85. The van der Waals surface area contributed by atoms with E-state index in [-0.39, 0.29) is 17.6 Å². The van der Waals surface area contributed by atoms with E-state index in [4.69, 9.17) is 14.5 Å². The van der Waals surface area contributed by atoms with Gasteiger partial charge in [-0.25, -0.2) is 9.78 Å². The largest absolute Gasteiger partial charge is 0.458 e. The number of carbonyl (C=O) groups is 1. The molecule has 0 amide bonds. The van der Waals surface area contributed by atoms with Crippen molar-refractivity contribution in [2.75, 3.05) is 5.75 Å². The topological polar surface area (TPSA) is 70.4 Å². The van der Waals surface area contributed by atoms with E-state index < -0.39 is 11.6 Å². The molecule has 0 spiro atoms. The van der Waals surface area contributed by atoms with Gasteiger partial charge in [0.1, 0.15) is 12.0 Å². The summed E-state index contributed by atoms with van der Waals surface area (Å²) in [5.74, 6) is 0.674. The number of nitrogens with zero attached hydrogens (tertiary/aromatic N) is 2. The van der Waals surface area contributed by atoms with Gasteiger partial charge in [-0.15, -0.1) is 0 Å². The van der Waals surface area contributed by atoms with Crippen LogP contribution in [0.4, 0.5) is 0 Å². The second kappa shape index (κ2) is 7.64. The predicted octanol–water partition coefficient (Wildman–Crippen LogP) is 4.61. The quantitative estimate of drug-likeness (QED) is 0.323. The zero-order chi connectivity index (χ0) is 21.9. The molecule has 3 aromatic rings. The highest BCUT2D eigenvalue weighted by atomic mass is 33.1. The lowest BCUT2D eigenvalue weighted by Crippen LogP contribution is -2.48. The first-order valence-corrected chi connectivity index (χ1v) is 13.3. The van der Waals surface area contributed by atoms with Crippen LogP contribution in [0.15, 0.2) is 41.2 Å². The Kier molecular flexibility index (Phi) is 4.85. The van der Waals surface area contributed by atoms with Gasteiger partial charge in [0, 0.05) is 22.3 Å². The lowest BCUT2D eigenvalue weighted by molar-refractivity contribution is -0.183. The van der Waals surface area contributed by atoms with Crippen molar-refractivity contribution in [2.45, 2.75) is 50.4 Å². The van der Waals surface area contributed by atoms with Crippen LogP contribution in [-0.4, -0.2) is 26.7 Å². The Morgan fingerprint density at radius 2 is 2.16 bits per heavy atom. The number of hydrogen-bond acceptors (Lipinski definition) is 7. The van der Waals surface area contributed by atoms with Gasteiger partial charge in [0.2, 0.25) is 0 Å². The maximum absolute atomic E-state index is 13.5. The minimum absolute atomic E-state index is 0.0172. The minimum atomic E-state index is -1.27. The highest BCUT2D eigenvalue weighted by Crippen LogP contribution is 2.45. The Labute approximate surface area is 193 Å². The number of pyridine rings is 2. The van der Waals surface area contributed by atoms with Crippen LogP contribution in [0.1, 0.15) is 42.9 Å². The van der Waals surface area contributed by atoms with Gasteiger partial charge in [-0.3, -0.25) is 4.79 Å². The Morgan fingerprint density at radius 3 is 2.97 bits per heavy atom. The molecule has 32 heavy (non-hydrogen) atoms. The van der Waals surface area contributed by atoms with Gasteiger partial charge in [-0.1, -0.05) is 46.7 Å². The average molecular weight is 467 g/mol. The molecule has 6 nitrogen and oxygen atoms in total. The van der Waals surface area contributed by atoms with Crippen LogP contribution in [0, 0.1) is 0 Å². The molecule has 3 aliphatic rings. The average Bonchev–Trinajstić information content (AvgIpc) is 3.18. The van der Waals surface area contributed by atoms with Crippen molar-refractivity contribution in [3.8, 4) is 11.4 Å². The number of hydrogen-bond donors (Lipinski definition) is 0. The number of rotatable bonds is 3. The molecule has 0 N–H and O–H groups in total. The molecule has 5 heterocycles. The van der Waals surface area contributed by atoms with Crippen LogP contribution in [0.3, 0.4) is 0 Å². The van der Waals surface area contributed by atoms with Crippen LogP contribution in [0.25, 0.3) is 22.3 Å². The lowest BCUT2D eigenvalue weighted by Gasteiger charge is -2.39. The van der Waals surface area contributed by atoms with Gasteiger partial charge < -0.3 is 14.0 Å². The summed E-state index contributed by atoms with van der Waals surface area (Å²) >= 11 is 0. The summed E-state index contributed by atoms with van der Waals surface area (Å²) in [5, 5.41) is 1.05. The Morgan fingerprint density at radius 1 is 1.28 bits per heavy atom. The molecular formula is C24H22N2O4S2. The van der Waals surface area contributed by atoms with Crippen molar-refractivity contribution in [3.63, 3.8) is 0 Å². The third-order valence-electron chi connectivity index (χ3n) is 6.56. The molecular weight excluding hydrogens is 444 g/mol. The minimum Gasteiger partial charge on any atom is -0.458 e. The number of cyclic esters (lactones) is 1. The zero-order valence-electron chi connectivity index (χ0n) is 17.6. The summed E-state index contributed by atoms with van der Waals surface area (Å²) in [5.41, 5.74) is 3.10. The van der Waals surface area contributed by atoms with E-state index in [0.717, 1.165) is 46.4 Å². The standard InChI is InChI=1S/C24H22N2O4S2/c1-2-24(30-20-8-5-9-31-32-20)17-11-19-21-15(10-14-6-3-4-7-18(14)25-21)12-26(19)22(27)16(17)13-29-23(24)28/h3-4,6-7,10-11,20H,2,5,8-9,12-13H2,1H3/t20?,24-/m0/s1. The summed E-state index contributed by atoms with van der Waals surface area (Å²) in [6.45, 7) is 2.37. The SMILES string of the molecule is CC[C@@]1(OC2CCCSS2)C(=O)OCc2c1cc1n(c2=O)Cc2cc3ccccc3nc2-1. The molecule has 8 heteroatoms. The summed E-state index contributed by atoms with van der Waals surface area (Å²) in [7, 11) is 3.42. The first-order valence-electron chi connectivity index (χ1n) is 10.9. The van der Waals surface area contributed by atoms with Gasteiger partial charge in [0.15, 0.2) is 5.60 Å². The third kappa shape index (κ3) is 2.96. The van der Waals surface area contributed by atoms with Crippen LogP contribution < -0.4 is 5.56 Å². The van der Waals surface area contributed by atoms with Gasteiger partial charge in [0.25, 0.3) is 5.56 Å². The fourth-order valence-corrected chi connectivity index (χ4v) is 7.40. The molecule has 1 saturated heterocycles. The smallest absolute Gasteiger partial charge is 0.343 e. The molecule has 1 aromatic carbocycles. The second-order valence-corrected chi connectivity index (χ2v) is 11.0. The van der Waals surface area contributed by atoms with E-state index >= 15 is 0 Å². The van der Waals surface area contributed by atoms with E-state index in [1.807, 2.05) is 37.3 Å². The first-order chi connectivity index (χ1) is 15.6. The van der Waals surface area contributed by atoms with Crippen molar-refractivity contribution in [1.29, 1.82) is 0 Å². The van der Waals surface area contributed by atoms with Crippen molar-refractivity contribution < 1.29 is 14.3 Å². The highest BCUT2D eigenvalue weighted by Gasteiger charge is 2.49. The molecule has 2 aromatic heterocycles. The molecule has 164 valence electrons. The Balaban J connectivity index is 1.53. The first kappa shape index (κ1) is 20.3. The van der Waals surface area contributed by atoms with Crippen molar-refractivity contribution in [2.24, 2.45) is 0 Å². The highest BCUT2D eigenvalue weighted by molar-refractivity contribution is 8.77. The third-order valence-corrected chi connectivity index (χ3v) is 9.25. The number of ether oxygens (including phenoxy) is 2. The molecule has 0 saturated carbocycles. The molecule has 0 bridgehead atoms. The van der Waals surface area contributed by atoms with Crippen LogP contribution in [0.2, 0.25) is 0 Å². The van der Waals surface area contributed by atoms with E-state index in [2.05, 4.69) is 6.07 Å². The van der Waals surface area contributed by atoms with E-state index in [1.54, 1.807) is 26.2 Å². The predicted molar refractivity (Wildman–Crippen MR) is 126 cm³/mol. The molecule has 1 unspecified atom stereocenters. The second-order valence-electron chi connectivity index (χ2n) is 8.37. The van der Waals surface area contributed by atoms with E-state index in [0.29, 0.717) is 24.1 Å². The maximum atomic E-state index is 13.5. The summed E-state index contributed by atoms with van der Waals surface area (Å²) in [6, 6.07) is 12.0. The number of benzene rings is 1. The van der Waals surface area contributed by atoms with E-state index in [9.17, 15) is 9.59 Å². The number of para-hydroxylation sites is 1. The number of carbonyl (C=O) groups excluding carboxylic acids is 1. The van der Waals surface area contributed by atoms with Crippen LogP contribution >= 0.6 is 21.6 Å². The van der Waals surface area contributed by atoms with Crippen molar-refractivity contribution >= 4 is 38.5 Å². The molecule has 0 aliphatic carbocycles. The summed E-state index contributed by atoms with van der Waals surface area (Å²) in [4.78, 5) is 31.5.